The molecule has 1 aliphatic carbocycles. The van der Waals surface area contributed by atoms with Crippen LogP contribution in [0.5, 0.6) is 0 Å². The van der Waals surface area contributed by atoms with Crippen LogP contribution in [0.4, 0.5) is 5.69 Å². The molecule has 1 fully saturated rings. The van der Waals surface area contributed by atoms with Gasteiger partial charge in [-0.1, -0.05) is 74.6 Å². The Morgan fingerprint density at radius 3 is 2.28 bits per heavy atom. The maximum atomic E-state index is 14.5. The molecule has 0 unspecified atom stereocenters. The standard InChI is InChI=1S/C30H35N3O6/c1-20(34)33-25(29(38)31-18-28(36)37)17-27(35)23-14-8-9-15-24(23)32(19-22-12-6-3-7-13-22)30(39)26(33)16-21-10-4-2-5-11-21/h3,6-9,12-15,21,25-26H,2,4-5,10-11,16-19H2,1H3,(H,31,38)(H,36,37)/t25-,26+/m0/s1. The zero-order valence-corrected chi connectivity index (χ0v) is 22.2. The van der Waals surface area contributed by atoms with Gasteiger partial charge in [0.25, 0.3) is 0 Å². The van der Waals surface area contributed by atoms with Gasteiger partial charge in [0.1, 0.15) is 18.6 Å². The average Bonchev–Trinajstić information content (AvgIpc) is 2.97. The van der Waals surface area contributed by atoms with Crippen LogP contribution in [0.25, 0.3) is 0 Å². The molecular formula is C30H35N3O6. The van der Waals surface area contributed by atoms with E-state index in [0.29, 0.717) is 12.1 Å². The third-order valence-electron chi connectivity index (χ3n) is 7.64. The zero-order chi connectivity index (χ0) is 27.9. The number of para-hydroxylation sites is 1. The van der Waals surface area contributed by atoms with Gasteiger partial charge in [-0.15, -0.1) is 0 Å². The molecule has 3 amide bonds. The number of carboxylic acids is 1. The molecule has 2 N–H and O–H groups in total. The third kappa shape index (κ3) is 6.71. The van der Waals surface area contributed by atoms with Crippen LogP contribution in [0.3, 0.4) is 0 Å². The van der Waals surface area contributed by atoms with E-state index < -0.39 is 42.2 Å². The molecule has 0 radical (unpaired) electrons. The van der Waals surface area contributed by atoms with Crippen molar-refractivity contribution in [3.63, 3.8) is 0 Å². The summed E-state index contributed by atoms with van der Waals surface area (Å²) in [6, 6.07) is 13.9. The van der Waals surface area contributed by atoms with Crippen molar-refractivity contribution in [1.82, 2.24) is 10.2 Å². The summed E-state index contributed by atoms with van der Waals surface area (Å²) in [6.07, 6.45) is 5.01. The highest BCUT2D eigenvalue weighted by molar-refractivity contribution is 6.10. The lowest BCUT2D eigenvalue weighted by atomic mass is 9.83. The Balaban J connectivity index is 1.84. The van der Waals surface area contributed by atoms with Gasteiger partial charge in [-0.05, 0) is 30.0 Å². The molecule has 4 rings (SSSR count). The maximum absolute atomic E-state index is 14.5. The van der Waals surface area contributed by atoms with Crippen LogP contribution in [0, 0.1) is 5.92 Å². The number of hydrogen-bond acceptors (Lipinski definition) is 5. The minimum Gasteiger partial charge on any atom is -0.480 e. The van der Waals surface area contributed by atoms with E-state index >= 15 is 0 Å². The average molecular weight is 534 g/mol. The maximum Gasteiger partial charge on any atom is 0.322 e. The summed E-state index contributed by atoms with van der Waals surface area (Å²) >= 11 is 0. The second-order valence-electron chi connectivity index (χ2n) is 10.4. The lowest BCUT2D eigenvalue weighted by molar-refractivity contribution is -0.147. The summed E-state index contributed by atoms with van der Waals surface area (Å²) in [5.74, 6) is -3.12. The summed E-state index contributed by atoms with van der Waals surface area (Å²) in [5, 5.41) is 11.5. The SMILES string of the molecule is CC(=O)N1[C@H](CC2CCCCC2)C(=O)N(Cc2ccccc2)c2ccccc2C(=O)C[C@H]1C(=O)NCC(=O)O. The number of benzene rings is 2. The molecule has 1 saturated carbocycles. The first-order chi connectivity index (χ1) is 18.8. The van der Waals surface area contributed by atoms with Crippen LogP contribution in [0.15, 0.2) is 54.6 Å². The lowest BCUT2D eigenvalue weighted by Gasteiger charge is -2.39. The largest absolute Gasteiger partial charge is 0.480 e. The number of hydrogen-bond donors (Lipinski definition) is 2. The number of carboxylic acid groups (broad SMARTS) is 1. The number of Topliss-reactive ketones (excluding diaryl/α,β-unsaturated/α-hetero) is 1. The van der Waals surface area contributed by atoms with Crippen molar-refractivity contribution in [3.05, 3.63) is 65.7 Å². The number of rotatable bonds is 7. The Bertz CT molecular complexity index is 1220. The van der Waals surface area contributed by atoms with Crippen LogP contribution in [0.2, 0.25) is 0 Å². The Kier molecular flexibility index (Phi) is 9.11. The van der Waals surface area contributed by atoms with Crippen LogP contribution in [0.1, 0.15) is 67.8 Å². The van der Waals surface area contributed by atoms with Crippen LogP contribution in [-0.2, 0) is 25.7 Å². The van der Waals surface area contributed by atoms with E-state index in [2.05, 4.69) is 5.32 Å². The quantitative estimate of drug-likeness (QED) is 0.561. The van der Waals surface area contributed by atoms with Gasteiger partial charge < -0.3 is 20.2 Å². The number of aliphatic carboxylic acids is 1. The minimum absolute atomic E-state index is 0.183. The number of nitrogens with one attached hydrogen (secondary N) is 1. The molecule has 0 saturated heterocycles. The number of ketones is 1. The van der Waals surface area contributed by atoms with Gasteiger partial charge in [0.05, 0.1) is 12.2 Å². The fourth-order valence-electron chi connectivity index (χ4n) is 5.78. The van der Waals surface area contributed by atoms with E-state index in [1.165, 1.54) is 11.8 Å². The summed E-state index contributed by atoms with van der Waals surface area (Å²) < 4.78 is 0. The van der Waals surface area contributed by atoms with Crippen molar-refractivity contribution in [1.29, 1.82) is 0 Å². The number of carbonyl (C=O) groups excluding carboxylic acids is 4. The topological polar surface area (TPSA) is 124 Å². The molecule has 0 spiro atoms. The highest BCUT2D eigenvalue weighted by Gasteiger charge is 2.43. The summed E-state index contributed by atoms with van der Waals surface area (Å²) in [4.78, 5) is 68.7. The molecule has 2 aromatic rings. The zero-order valence-electron chi connectivity index (χ0n) is 22.2. The summed E-state index contributed by atoms with van der Waals surface area (Å²) in [6.45, 7) is 0.815. The van der Waals surface area contributed by atoms with Crippen molar-refractivity contribution in [3.8, 4) is 0 Å². The molecule has 9 heteroatoms. The molecule has 0 aromatic heterocycles. The monoisotopic (exact) mass is 533 g/mol. The predicted molar refractivity (Wildman–Crippen MR) is 145 cm³/mol. The Hall–Kier alpha value is -4.01. The van der Waals surface area contributed by atoms with Gasteiger partial charge >= 0.3 is 5.97 Å². The number of nitrogens with zero attached hydrogens (tertiary/aromatic N) is 2. The number of anilines is 1. The molecule has 206 valence electrons. The Morgan fingerprint density at radius 1 is 0.949 bits per heavy atom. The van der Waals surface area contributed by atoms with E-state index in [1.807, 2.05) is 30.3 Å². The molecule has 1 aliphatic heterocycles. The van der Waals surface area contributed by atoms with E-state index in [9.17, 15) is 24.0 Å². The third-order valence-corrected chi connectivity index (χ3v) is 7.64. The first kappa shape index (κ1) is 28.0. The van der Waals surface area contributed by atoms with E-state index in [1.54, 1.807) is 29.2 Å². The first-order valence-electron chi connectivity index (χ1n) is 13.5. The smallest absolute Gasteiger partial charge is 0.322 e. The highest BCUT2D eigenvalue weighted by atomic mass is 16.4. The van der Waals surface area contributed by atoms with E-state index in [4.69, 9.17) is 5.11 Å². The normalized spacial score (nSPS) is 20.4. The second-order valence-corrected chi connectivity index (χ2v) is 10.4. The molecular weight excluding hydrogens is 498 g/mol. The van der Waals surface area contributed by atoms with Crippen molar-refractivity contribution >= 4 is 35.2 Å². The number of fused-ring (bicyclic) bond motifs is 1. The van der Waals surface area contributed by atoms with Crippen molar-refractivity contribution in [2.24, 2.45) is 5.92 Å². The van der Waals surface area contributed by atoms with Gasteiger partial charge in [0, 0.05) is 18.9 Å². The molecule has 2 aliphatic rings. The van der Waals surface area contributed by atoms with Crippen molar-refractivity contribution in [2.75, 3.05) is 11.4 Å². The van der Waals surface area contributed by atoms with E-state index in [-0.39, 0.29) is 30.4 Å². The molecule has 0 bridgehead atoms. The summed E-state index contributed by atoms with van der Waals surface area (Å²) in [5.41, 5.74) is 1.56. The van der Waals surface area contributed by atoms with E-state index in [0.717, 1.165) is 37.7 Å². The van der Waals surface area contributed by atoms with Crippen LogP contribution >= 0.6 is 0 Å². The second kappa shape index (κ2) is 12.7. The van der Waals surface area contributed by atoms with Crippen molar-refractivity contribution < 1.29 is 29.1 Å². The van der Waals surface area contributed by atoms with Crippen LogP contribution < -0.4 is 10.2 Å². The molecule has 1 heterocycles. The minimum atomic E-state index is -1.32. The Labute approximate surface area is 228 Å². The van der Waals surface area contributed by atoms with Gasteiger partial charge in [-0.3, -0.25) is 24.0 Å². The number of carbonyl (C=O) groups is 5. The fraction of sp³-hybridized carbons (Fsp3) is 0.433. The first-order valence-corrected chi connectivity index (χ1v) is 13.5. The van der Waals surface area contributed by atoms with Gasteiger partial charge in [-0.2, -0.15) is 0 Å². The summed E-state index contributed by atoms with van der Waals surface area (Å²) in [7, 11) is 0. The van der Waals surface area contributed by atoms with Gasteiger partial charge in [-0.25, -0.2) is 0 Å². The number of amides is 3. The molecule has 39 heavy (non-hydrogen) atoms. The molecule has 2 aromatic carbocycles. The Morgan fingerprint density at radius 2 is 1.62 bits per heavy atom. The van der Waals surface area contributed by atoms with Crippen molar-refractivity contribution in [2.45, 2.75) is 70.5 Å². The predicted octanol–water partition coefficient (Wildman–Crippen LogP) is 3.56. The van der Waals surface area contributed by atoms with Gasteiger partial charge in [0.2, 0.25) is 17.7 Å². The fourth-order valence-corrected chi connectivity index (χ4v) is 5.78. The highest BCUT2D eigenvalue weighted by Crippen LogP contribution is 2.34. The molecule has 9 nitrogen and oxygen atoms in total. The molecule has 2 atom stereocenters. The van der Waals surface area contributed by atoms with Crippen LogP contribution in [-0.4, -0.2) is 58.1 Å². The van der Waals surface area contributed by atoms with Gasteiger partial charge in [0.15, 0.2) is 5.78 Å². The lowest BCUT2D eigenvalue weighted by Crippen LogP contribution is -2.59.